The van der Waals surface area contributed by atoms with Gasteiger partial charge in [-0.15, -0.1) is 18.3 Å². The summed E-state index contributed by atoms with van der Waals surface area (Å²) in [6.45, 7) is 1.09. The van der Waals surface area contributed by atoms with Gasteiger partial charge in [-0.3, -0.25) is 4.79 Å². The van der Waals surface area contributed by atoms with Crippen molar-refractivity contribution in [3.05, 3.63) is 58.5 Å². The van der Waals surface area contributed by atoms with Crippen molar-refractivity contribution in [2.45, 2.75) is 25.9 Å². The molecule has 1 N–H and O–H groups in total. The highest BCUT2D eigenvalue weighted by atomic mass is 19.4. The minimum atomic E-state index is -5.02. The lowest BCUT2D eigenvalue weighted by Crippen LogP contribution is -2.34. The van der Waals surface area contributed by atoms with Crippen molar-refractivity contribution in [1.29, 1.82) is 0 Å². The van der Waals surface area contributed by atoms with Gasteiger partial charge in [0.15, 0.2) is 11.6 Å². The van der Waals surface area contributed by atoms with E-state index in [2.05, 4.69) is 20.1 Å². The number of carbonyl (C=O) groups is 1. The van der Waals surface area contributed by atoms with E-state index in [4.69, 9.17) is 0 Å². The molecule has 0 radical (unpaired) electrons. The molecule has 28 heavy (non-hydrogen) atoms. The maximum atomic E-state index is 13.8. The SMILES string of the molecule is C[C@H](NC(=O)Cn1nc2ncccn2c1=O)c1ccc(OC(F)(F)F)c(F)c1. The van der Waals surface area contributed by atoms with E-state index in [9.17, 15) is 27.2 Å². The zero-order valence-electron chi connectivity index (χ0n) is 14.3. The van der Waals surface area contributed by atoms with Gasteiger partial charge >= 0.3 is 12.1 Å². The number of aromatic nitrogens is 4. The molecule has 1 amide bonds. The van der Waals surface area contributed by atoms with Crippen LogP contribution in [-0.2, 0) is 11.3 Å². The molecule has 0 fully saturated rings. The quantitative estimate of drug-likeness (QED) is 0.661. The van der Waals surface area contributed by atoms with Gasteiger partial charge in [0.05, 0.1) is 6.04 Å². The number of alkyl halides is 3. The summed E-state index contributed by atoms with van der Waals surface area (Å²) in [6, 6.07) is 3.62. The van der Waals surface area contributed by atoms with Crippen LogP contribution in [0.5, 0.6) is 5.75 Å². The second-order valence-electron chi connectivity index (χ2n) is 5.76. The van der Waals surface area contributed by atoms with E-state index in [-0.39, 0.29) is 11.3 Å². The molecule has 0 aliphatic heterocycles. The Bertz CT molecular complexity index is 1080. The molecule has 0 bridgehead atoms. The number of amides is 1. The summed E-state index contributed by atoms with van der Waals surface area (Å²) < 4.78 is 56.0. The minimum Gasteiger partial charge on any atom is -0.403 e. The number of nitrogens with zero attached hydrogens (tertiary/aromatic N) is 4. The third-order valence-electron chi connectivity index (χ3n) is 3.72. The molecule has 3 aromatic rings. The second kappa shape index (κ2) is 7.29. The van der Waals surface area contributed by atoms with Gasteiger partial charge in [-0.1, -0.05) is 6.07 Å². The smallest absolute Gasteiger partial charge is 0.403 e. The van der Waals surface area contributed by atoms with Crippen molar-refractivity contribution in [3.8, 4) is 5.75 Å². The van der Waals surface area contributed by atoms with Crippen LogP contribution in [-0.4, -0.2) is 31.4 Å². The van der Waals surface area contributed by atoms with Crippen LogP contribution >= 0.6 is 0 Å². The lowest BCUT2D eigenvalue weighted by atomic mass is 10.1. The molecule has 2 aromatic heterocycles. The third kappa shape index (κ3) is 4.27. The van der Waals surface area contributed by atoms with Gasteiger partial charge in [0, 0.05) is 12.4 Å². The van der Waals surface area contributed by atoms with Crippen molar-refractivity contribution in [2.75, 3.05) is 0 Å². The van der Waals surface area contributed by atoms with Gasteiger partial charge in [0.25, 0.3) is 5.78 Å². The van der Waals surface area contributed by atoms with E-state index >= 15 is 0 Å². The Morgan fingerprint density at radius 1 is 1.36 bits per heavy atom. The first-order valence-corrected chi connectivity index (χ1v) is 7.89. The molecule has 0 saturated carbocycles. The number of benzene rings is 1. The van der Waals surface area contributed by atoms with Gasteiger partial charge in [-0.2, -0.15) is 0 Å². The summed E-state index contributed by atoms with van der Waals surface area (Å²) in [5.74, 6) is -2.68. The molecular formula is C16H13F4N5O3. The van der Waals surface area contributed by atoms with Gasteiger partial charge in [0.2, 0.25) is 5.91 Å². The Hall–Kier alpha value is -3.44. The summed E-state index contributed by atoms with van der Waals surface area (Å²) in [6.07, 6.45) is -2.13. The van der Waals surface area contributed by atoms with Crippen molar-refractivity contribution in [1.82, 2.24) is 24.5 Å². The number of carbonyl (C=O) groups excluding carboxylic acids is 1. The fourth-order valence-electron chi connectivity index (χ4n) is 2.46. The molecule has 8 nitrogen and oxygen atoms in total. The van der Waals surface area contributed by atoms with Crippen LogP contribution in [0.2, 0.25) is 0 Å². The van der Waals surface area contributed by atoms with Crippen LogP contribution in [0.15, 0.2) is 41.5 Å². The molecule has 12 heteroatoms. The average Bonchev–Trinajstić information content (AvgIpc) is 2.91. The molecule has 1 aromatic carbocycles. The van der Waals surface area contributed by atoms with Gasteiger partial charge in [-0.05, 0) is 30.7 Å². The fraction of sp³-hybridized carbons (Fsp3) is 0.250. The molecule has 0 aliphatic rings. The third-order valence-corrected chi connectivity index (χ3v) is 3.72. The van der Waals surface area contributed by atoms with Crippen LogP contribution in [0.1, 0.15) is 18.5 Å². The van der Waals surface area contributed by atoms with Crippen LogP contribution < -0.4 is 15.7 Å². The molecular weight excluding hydrogens is 386 g/mol. The zero-order valence-corrected chi connectivity index (χ0v) is 14.3. The lowest BCUT2D eigenvalue weighted by Gasteiger charge is -2.16. The number of fused-ring (bicyclic) bond motifs is 1. The number of hydrogen-bond donors (Lipinski definition) is 1. The van der Waals surface area contributed by atoms with E-state index in [1.807, 2.05) is 0 Å². The van der Waals surface area contributed by atoms with E-state index < -0.39 is 42.1 Å². The lowest BCUT2D eigenvalue weighted by molar-refractivity contribution is -0.275. The zero-order chi connectivity index (χ0) is 20.5. The molecule has 0 unspecified atom stereocenters. The van der Waals surface area contributed by atoms with Gasteiger partial charge in [0.1, 0.15) is 6.54 Å². The molecule has 1 atom stereocenters. The van der Waals surface area contributed by atoms with E-state index in [1.165, 1.54) is 31.5 Å². The maximum absolute atomic E-state index is 13.8. The highest BCUT2D eigenvalue weighted by Gasteiger charge is 2.32. The Labute approximate surface area is 154 Å². The largest absolute Gasteiger partial charge is 0.573 e. The Kier molecular flexibility index (Phi) is 5.03. The summed E-state index contributed by atoms with van der Waals surface area (Å²) in [4.78, 5) is 28.1. The van der Waals surface area contributed by atoms with E-state index in [0.717, 1.165) is 21.2 Å². The maximum Gasteiger partial charge on any atom is 0.573 e. The summed E-state index contributed by atoms with van der Waals surface area (Å²) in [5, 5.41) is 6.42. The highest BCUT2D eigenvalue weighted by Crippen LogP contribution is 2.27. The summed E-state index contributed by atoms with van der Waals surface area (Å²) in [5.41, 5.74) is -0.352. The first kappa shape index (κ1) is 19.3. The molecule has 148 valence electrons. The Balaban J connectivity index is 1.69. The van der Waals surface area contributed by atoms with Crippen molar-refractivity contribution >= 4 is 11.7 Å². The van der Waals surface area contributed by atoms with E-state index in [0.29, 0.717) is 0 Å². The molecule has 2 heterocycles. The monoisotopic (exact) mass is 399 g/mol. The van der Waals surface area contributed by atoms with Gasteiger partial charge < -0.3 is 10.1 Å². The summed E-state index contributed by atoms with van der Waals surface area (Å²) in [7, 11) is 0. The highest BCUT2D eigenvalue weighted by molar-refractivity contribution is 5.76. The fourth-order valence-corrected chi connectivity index (χ4v) is 2.46. The van der Waals surface area contributed by atoms with Crippen molar-refractivity contribution in [2.24, 2.45) is 0 Å². The number of hydrogen-bond acceptors (Lipinski definition) is 5. The van der Waals surface area contributed by atoms with E-state index in [1.54, 1.807) is 0 Å². The normalized spacial score (nSPS) is 12.8. The Morgan fingerprint density at radius 3 is 2.75 bits per heavy atom. The van der Waals surface area contributed by atoms with Crippen LogP contribution in [0.3, 0.4) is 0 Å². The first-order chi connectivity index (χ1) is 13.1. The average molecular weight is 399 g/mol. The molecule has 3 rings (SSSR count). The predicted molar refractivity (Wildman–Crippen MR) is 86.9 cm³/mol. The van der Waals surface area contributed by atoms with Crippen molar-refractivity contribution in [3.63, 3.8) is 0 Å². The Morgan fingerprint density at radius 2 is 2.11 bits per heavy atom. The number of halogens is 4. The first-order valence-electron chi connectivity index (χ1n) is 7.89. The van der Waals surface area contributed by atoms with Crippen molar-refractivity contribution < 1.29 is 27.1 Å². The number of nitrogens with one attached hydrogen (secondary N) is 1. The number of rotatable bonds is 5. The predicted octanol–water partition coefficient (Wildman–Crippen LogP) is 1.81. The van der Waals surface area contributed by atoms with Crippen LogP contribution in [0.25, 0.3) is 5.78 Å². The number of ether oxygens (including phenoxy) is 1. The summed E-state index contributed by atoms with van der Waals surface area (Å²) >= 11 is 0. The standard InChI is InChI=1S/C16H13F4N5O3/c1-9(10-3-4-12(11(17)7-10)28-16(18,19)20)22-13(26)8-25-15(27)24-6-2-5-21-14(24)23-25/h2-7,9H,8H2,1H3,(H,22,26)/t9-/m0/s1. The minimum absolute atomic E-state index is 0.121. The van der Waals surface area contributed by atoms with Gasteiger partial charge in [-0.25, -0.2) is 23.3 Å². The van der Waals surface area contributed by atoms with Crippen LogP contribution in [0, 0.1) is 5.82 Å². The molecule has 0 spiro atoms. The topological polar surface area (TPSA) is 90.5 Å². The second-order valence-corrected chi connectivity index (χ2v) is 5.76. The molecule has 0 saturated heterocycles. The molecule has 0 aliphatic carbocycles. The van der Waals surface area contributed by atoms with Crippen LogP contribution in [0.4, 0.5) is 17.6 Å².